The van der Waals surface area contributed by atoms with E-state index >= 15 is 0 Å². The maximum absolute atomic E-state index is 12.5. The molecule has 0 saturated carbocycles. The van der Waals surface area contributed by atoms with Crippen molar-refractivity contribution in [3.8, 4) is 0 Å². The highest BCUT2D eigenvalue weighted by Crippen LogP contribution is 2.21. The summed E-state index contributed by atoms with van der Waals surface area (Å²) in [6.07, 6.45) is 6.04. The predicted octanol–water partition coefficient (Wildman–Crippen LogP) is 2.19. The van der Waals surface area contributed by atoms with Gasteiger partial charge in [-0.25, -0.2) is 4.79 Å². The van der Waals surface area contributed by atoms with Gasteiger partial charge in [0.05, 0.1) is 24.1 Å². The van der Waals surface area contributed by atoms with Crippen molar-refractivity contribution < 1.29 is 9.53 Å². The zero-order valence-corrected chi connectivity index (χ0v) is 13.9. The van der Waals surface area contributed by atoms with Crippen molar-refractivity contribution in [2.75, 3.05) is 31.5 Å². The van der Waals surface area contributed by atoms with Gasteiger partial charge in [-0.3, -0.25) is 9.88 Å². The number of carbonyl (C=O) groups excluding carboxylic acids is 1. The Hall–Kier alpha value is -1.66. The van der Waals surface area contributed by atoms with E-state index in [-0.39, 0.29) is 24.3 Å². The number of ether oxygens (including phenoxy) is 1. The second-order valence-corrected chi connectivity index (χ2v) is 6.64. The van der Waals surface area contributed by atoms with E-state index in [4.69, 9.17) is 4.74 Å². The third-order valence-corrected chi connectivity index (χ3v) is 4.51. The van der Waals surface area contributed by atoms with Crippen molar-refractivity contribution in [1.29, 1.82) is 0 Å². The Morgan fingerprint density at radius 2 is 2.17 bits per heavy atom. The Bertz CT molecular complexity index is 515. The van der Waals surface area contributed by atoms with Crippen molar-refractivity contribution in [3.05, 3.63) is 24.5 Å². The summed E-state index contributed by atoms with van der Waals surface area (Å²) in [4.78, 5) is 21.0. The summed E-state index contributed by atoms with van der Waals surface area (Å²) < 4.78 is 5.79. The average molecular weight is 318 g/mol. The van der Waals surface area contributed by atoms with Crippen LogP contribution in [0.4, 0.5) is 10.5 Å². The zero-order valence-electron chi connectivity index (χ0n) is 13.9. The number of rotatable bonds is 3. The minimum absolute atomic E-state index is 0.0187. The summed E-state index contributed by atoms with van der Waals surface area (Å²) in [7, 11) is 0. The highest BCUT2D eigenvalue weighted by atomic mass is 16.5. The lowest BCUT2D eigenvalue weighted by atomic mass is 10.1. The molecule has 2 aliphatic heterocycles. The van der Waals surface area contributed by atoms with Gasteiger partial charge < -0.3 is 15.0 Å². The molecule has 0 aromatic carbocycles. The Morgan fingerprint density at radius 1 is 1.39 bits per heavy atom. The van der Waals surface area contributed by atoms with Gasteiger partial charge in [-0.1, -0.05) is 0 Å². The number of carbonyl (C=O) groups is 1. The number of anilines is 1. The Balaban J connectivity index is 1.58. The number of pyridine rings is 1. The number of aromatic nitrogens is 1. The van der Waals surface area contributed by atoms with E-state index in [0.29, 0.717) is 0 Å². The Morgan fingerprint density at radius 3 is 2.87 bits per heavy atom. The number of morpholine rings is 1. The van der Waals surface area contributed by atoms with Gasteiger partial charge in [0.15, 0.2) is 0 Å². The van der Waals surface area contributed by atoms with Gasteiger partial charge >= 0.3 is 6.03 Å². The first-order chi connectivity index (χ1) is 11.1. The molecular formula is C17H26N4O2. The molecule has 2 saturated heterocycles. The van der Waals surface area contributed by atoms with Crippen LogP contribution in [0.5, 0.6) is 0 Å². The number of hydrogen-bond donors (Lipinski definition) is 1. The molecule has 126 valence electrons. The van der Waals surface area contributed by atoms with Crippen LogP contribution in [0.15, 0.2) is 24.5 Å². The molecule has 1 N–H and O–H groups in total. The molecule has 3 heterocycles. The molecule has 3 atom stereocenters. The minimum Gasteiger partial charge on any atom is -0.373 e. The quantitative estimate of drug-likeness (QED) is 0.928. The van der Waals surface area contributed by atoms with Crippen LogP contribution in [0.2, 0.25) is 0 Å². The van der Waals surface area contributed by atoms with Crippen LogP contribution in [-0.2, 0) is 4.74 Å². The van der Waals surface area contributed by atoms with Gasteiger partial charge in [-0.05, 0) is 38.8 Å². The first-order valence-electron chi connectivity index (χ1n) is 8.47. The molecule has 0 radical (unpaired) electrons. The fraction of sp³-hybridized carbons (Fsp3) is 0.647. The molecule has 1 aromatic heterocycles. The van der Waals surface area contributed by atoms with E-state index in [1.807, 2.05) is 17.0 Å². The van der Waals surface area contributed by atoms with E-state index < -0.39 is 0 Å². The number of likely N-dealkylation sites (tertiary alicyclic amines) is 1. The molecule has 0 aliphatic carbocycles. The van der Waals surface area contributed by atoms with Crippen molar-refractivity contribution in [2.24, 2.45) is 0 Å². The third kappa shape index (κ3) is 4.20. The van der Waals surface area contributed by atoms with Crippen molar-refractivity contribution in [2.45, 2.75) is 44.9 Å². The van der Waals surface area contributed by atoms with Crippen LogP contribution in [0.1, 0.15) is 26.7 Å². The third-order valence-electron chi connectivity index (χ3n) is 4.51. The first-order valence-corrected chi connectivity index (χ1v) is 8.47. The maximum Gasteiger partial charge on any atom is 0.322 e. The normalized spacial score (nSPS) is 28.8. The van der Waals surface area contributed by atoms with E-state index in [1.54, 1.807) is 12.4 Å². The molecule has 2 aliphatic rings. The van der Waals surface area contributed by atoms with Crippen molar-refractivity contribution in [1.82, 2.24) is 14.8 Å². The topological polar surface area (TPSA) is 57.7 Å². The molecule has 0 unspecified atom stereocenters. The van der Waals surface area contributed by atoms with Gasteiger partial charge in [0.25, 0.3) is 0 Å². The van der Waals surface area contributed by atoms with Gasteiger partial charge in [0.2, 0.25) is 0 Å². The summed E-state index contributed by atoms with van der Waals surface area (Å²) >= 11 is 0. The second-order valence-electron chi connectivity index (χ2n) is 6.64. The molecule has 6 nitrogen and oxygen atoms in total. The lowest BCUT2D eigenvalue weighted by molar-refractivity contribution is -0.0712. The van der Waals surface area contributed by atoms with E-state index in [1.165, 1.54) is 0 Å². The van der Waals surface area contributed by atoms with E-state index in [9.17, 15) is 4.79 Å². The van der Waals surface area contributed by atoms with E-state index in [0.717, 1.165) is 44.7 Å². The second kappa shape index (κ2) is 7.27. The van der Waals surface area contributed by atoms with Gasteiger partial charge in [0.1, 0.15) is 0 Å². The summed E-state index contributed by atoms with van der Waals surface area (Å²) in [6, 6.07) is 3.95. The van der Waals surface area contributed by atoms with Crippen LogP contribution in [0.25, 0.3) is 0 Å². The Labute approximate surface area is 137 Å². The summed E-state index contributed by atoms with van der Waals surface area (Å²) in [5, 5.41) is 2.95. The largest absolute Gasteiger partial charge is 0.373 e. The summed E-state index contributed by atoms with van der Waals surface area (Å²) in [5.41, 5.74) is 0.747. The van der Waals surface area contributed by atoms with Crippen LogP contribution in [0.3, 0.4) is 0 Å². The monoisotopic (exact) mass is 318 g/mol. The fourth-order valence-electron chi connectivity index (χ4n) is 3.66. The first kappa shape index (κ1) is 16.2. The van der Waals surface area contributed by atoms with Crippen LogP contribution in [0, 0.1) is 0 Å². The maximum atomic E-state index is 12.5. The number of nitrogens with one attached hydrogen (secondary N) is 1. The predicted molar refractivity (Wildman–Crippen MR) is 89.4 cm³/mol. The number of nitrogens with zero attached hydrogens (tertiary/aromatic N) is 3. The summed E-state index contributed by atoms with van der Waals surface area (Å²) in [5.74, 6) is 0. The lowest BCUT2D eigenvalue weighted by Gasteiger charge is -2.38. The molecule has 6 heteroatoms. The fourth-order valence-corrected chi connectivity index (χ4v) is 3.66. The number of hydrogen-bond acceptors (Lipinski definition) is 4. The molecule has 2 amide bonds. The van der Waals surface area contributed by atoms with E-state index in [2.05, 4.69) is 29.0 Å². The van der Waals surface area contributed by atoms with Crippen molar-refractivity contribution >= 4 is 11.7 Å². The van der Waals surface area contributed by atoms with Crippen LogP contribution >= 0.6 is 0 Å². The highest BCUT2D eigenvalue weighted by molar-refractivity contribution is 5.89. The van der Waals surface area contributed by atoms with Crippen molar-refractivity contribution in [3.63, 3.8) is 0 Å². The lowest BCUT2D eigenvalue weighted by Crippen LogP contribution is -2.51. The van der Waals surface area contributed by atoms with Crippen LogP contribution < -0.4 is 5.32 Å². The van der Waals surface area contributed by atoms with Gasteiger partial charge in [-0.2, -0.15) is 0 Å². The average Bonchev–Trinajstić information content (AvgIpc) is 2.95. The molecule has 1 aromatic rings. The molecule has 3 rings (SSSR count). The minimum atomic E-state index is -0.0187. The molecule has 23 heavy (non-hydrogen) atoms. The summed E-state index contributed by atoms with van der Waals surface area (Å²) in [6.45, 7) is 7.87. The SMILES string of the molecule is C[C@@H]1CN(C[C@@H]2CCCN2C(=O)Nc2cccnc2)C[C@H](C)O1. The smallest absolute Gasteiger partial charge is 0.322 e. The number of amides is 2. The van der Waals surface area contributed by atoms with Gasteiger partial charge in [-0.15, -0.1) is 0 Å². The highest BCUT2D eigenvalue weighted by Gasteiger charge is 2.32. The zero-order chi connectivity index (χ0) is 16.2. The van der Waals surface area contributed by atoms with Crippen LogP contribution in [-0.4, -0.2) is 65.2 Å². The standard InChI is InChI=1S/C17H26N4O2/c1-13-10-20(11-14(2)23-13)12-16-6-4-8-21(16)17(22)19-15-5-3-7-18-9-15/h3,5,7,9,13-14,16H,4,6,8,10-12H2,1-2H3,(H,19,22)/t13-,14+,16-/m0/s1. The number of urea groups is 1. The van der Waals surface area contributed by atoms with Gasteiger partial charge in [0, 0.05) is 38.4 Å². The molecule has 0 spiro atoms. The Kier molecular flexibility index (Phi) is 5.13. The molecule has 2 fully saturated rings. The molecular weight excluding hydrogens is 292 g/mol. The molecule has 0 bridgehead atoms.